The number of sulfonamides is 1. The van der Waals surface area contributed by atoms with Crippen LogP contribution in [-0.2, 0) is 19.5 Å². The van der Waals surface area contributed by atoms with Crippen molar-refractivity contribution in [2.45, 2.75) is 4.90 Å². The fraction of sp³-hybridized carbons (Fsp3) is 0.500. The van der Waals surface area contributed by atoms with Crippen molar-refractivity contribution in [1.82, 2.24) is 9.62 Å². The molecule has 0 spiro atoms. The molecule has 23 heavy (non-hydrogen) atoms. The Hall–Kier alpha value is -1.26. The van der Waals surface area contributed by atoms with E-state index in [1.807, 2.05) is 0 Å². The minimum absolute atomic E-state index is 0.267. The van der Waals surface area contributed by atoms with Gasteiger partial charge in [-0.15, -0.1) is 0 Å². The first-order valence-electron chi connectivity index (χ1n) is 7.26. The Kier molecular flexibility index (Phi) is 6.72. The number of nitrogens with zero attached hydrogens (tertiary/aromatic N) is 1. The third-order valence-corrected chi connectivity index (χ3v) is 5.47. The number of rotatable bonds is 6. The number of thiocarbonyl (C=S) groups is 1. The molecule has 0 aromatic heterocycles. The van der Waals surface area contributed by atoms with Gasteiger partial charge in [0.05, 0.1) is 24.7 Å². The monoisotopic (exact) mass is 359 g/mol. The van der Waals surface area contributed by atoms with E-state index in [1.54, 1.807) is 31.4 Å². The molecule has 0 aliphatic carbocycles. The summed E-state index contributed by atoms with van der Waals surface area (Å²) in [6, 6.07) is 6.53. The molecule has 7 nitrogen and oxygen atoms in total. The largest absolute Gasteiger partial charge is 0.383 e. The summed E-state index contributed by atoms with van der Waals surface area (Å²) in [5.74, 6) is 0. The standard InChI is InChI=1S/C14H21N3O4S2/c1-20-9-6-15-14(22)16-12-2-4-13(5-3-12)23(18,19)17-7-10-21-11-8-17/h2-5H,6-11H2,1H3,(H2,15,16,22). The predicted octanol–water partition coefficient (Wildman–Crippen LogP) is 0.640. The lowest BCUT2D eigenvalue weighted by Gasteiger charge is -2.26. The zero-order valence-electron chi connectivity index (χ0n) is 12.9. The van der Waals surface area contributed by atoms with E-state index in [2.05, 4.69) is 10.6 Å². The van der Waals surface area contributed by atoms with Crippen molar-refractivity contribution in [2.24, 2.45) is 0 Å². The van der Waals surface area contributed by atoms with Crippen LogP contribution in [0.25, 0.3) is 0 Å². The van der Waals surface area contributed by atoms with E-state index >= 15 is 0 Å². The number of hydrogen-bond acceptors (Lipinski definition) is 5. The molecule has 128 valence electrons. The molecule has 1 saturated heterocycles. The maximum absolute atomic E-state index is 12.5. The van der Waals surface area contributed by atoms with Crippen LogP contribution in [0.15, 0.2) is 29.2 Å². The average molecular weight is 359 g/mol. The van der Waals surface area contributed by atoms with Crippen molar-refractivity contribution < 1.29 is 17.9 Å². The third kappa shape index (κ3) is 5.11. The second kappa shape index (κ2) is 8.55. The molecule has 2 N–H and O–H groups in total. The van der Waals surface area contributed by atoms with Crippen molar-refractivity contribution in [1.29, 1.82) is 0 Å². The lowest BCUT2D eigenvalue weighted by atomic mass is 10.3. The van der Waals surface area contributed by atoms with E-state index in [4.69, 9.17) is 21.7 Å². The maximum atomic E-state index is 12.5. The van der Waals surface area contributed by atoms with Gasteiger partial charge in [-0.3, -0.25) is 0 Å². The van der Waals surface area contributed by atoms with Gasteiger partial charge in [-0.2, -0.15) is 4.31 Å². The molecule has 1 heterocycles. The van der Waals surface area contributed by atoms with E-state index in [0.29, 0.717) is 44.6 Å². The van der Waals surface area contributed by atoms with Crippen LogP contribution in [0, 0.1) is 0 Å². The van der Waals surface area contributed by atoms with Crippen LogP contribution in [0.2, 0.25) is 0 Å². The smallest absolute Gasteiger partial charge is 0.243 e. The number of methoxy groups -OCH3 is 1. The van der Waals surface area contributed by atoms with Gasteiger partial charge in [0.2, 0.25) is 10.0 Å². The molecule has 0 amide bonds. The second-order valence-electron chi connectivity index (χ2n) is 4.91. The summed E-state index contributed by atoms with van der Waals surface area (Å²) in [6.45, 7) is 2.79. The van der Waals surface area contributed by atoms with Gasteiger partial charge in [0.1, 0.15) is 0 Å². The first-order chi connectivity index (χ1) is 11.0. The SMILES string of the molecule is COCCNC(=S)Nc1ccc(S(=O)(=O)N2CCOCC2)cc1. The first kappa shape index (κ1) is 18.1. The molecule has 1 aromatic carbocycles. The number of benzene rings is 1. The maximum Gasteiger partial charge on any atom is 0.243 e. The van der Waals surface area contributed by atoms with Crippen LogP contribution in [0.1, 0.15) is 0 Å². The Labute approximate surface area is 142 Å². The van der Waals surface area contributed by atoms with Gasteiger partial charge < -0.3 is 20.1 Å². The Morgan fingerprint density at radius 1 is 1.30 bits per heavy atom. The third-order valence-electron chi connectivity index (χ3n) is 3.31. The minimum Gasteiger partial charge on any atom is -0.383 e. The number of nitrogens with one attached hydrogen (secondary N) is 2. The second-order valence-corrected chi connectivity index (χ2v) is 7.26. The predicted molar refractivity (Wildman–Crippen MR) is 92.1 cm³/mol. The van der Waals surface area contributed by atoms with Crippen LogP contribution in [0.5, 0.6) is 0 Å². The molecular formula is C14H21N3O4S2. The summed E-state index contributed by atoms with van der Waals surface area (Å²) in [5, 5.41) is 6.44. The summed E-state index contributed by atoms with van der Waals surface area (Å²) in [4.78, 5) is 0.267. The highest BCUT2D eigenvalue weighted by atomic mass is 32.2. The summed E-state index contributed by atoms with van der Waals surface area (Å²) in [7, 11) is -1.85. The van der Waals surface area contributed by atoms with Crippen molar-refractivity contribution in [3.05, 3.63) is 24.3 Å². The van der Waals surface area contributed by atoms with Gasteiger partial charge in [0, 0.05) is 32.4 Å². The highest BCUT2D eigenvalue weighted by Gasteiger charge is 2.26. The fourth-order valence-corrected chi connectivity index (χ4v) is 3.72. The van der Waals surface area contributed by atoms with Crippen LogP contribution >= 0.6 is 12.2 Å². The molecule has 0 radical (unpaired) electrons. The highest BCUT2D eigenvalue weighted by Crippen LogP contribution is 2.19. The molecule has 1 aliphatic heterocycles. The van der Waals surface area contributed by atoms with Crippen LogP contribution in [0.3, 0.4) is 0 Å². The van der Waals surface area contributed by atoms with Crippen molar-refractivity contribution in [3.8, 4) is 0 Å². The van der Waals surface area contributed by atoms with Gasteiger partial charge in [0.25, 0.3) is 0 Å². The fourth-order valence-electron chi connectivity index (χ4n) is 2.09. The molecule has 1 aromatic rings. The van der Waals surface area contributed by atoms with Gasteiger partial charge in [-0.05, 0) is 36.5 Å². The van der Waals surface area contributed by atoms with E-state index in [1.165, 1.54) is 4.31 Å². The van der Waals surface area contributed by atoms with Gasteiger partial charge in [-0.25, -0.2) is 8.42 Å². The molecular weight excluding hydrogens is 338 g/mol. The molecule has 0 saturated carbocycles. The van der Waals surface area contributed by atoms with Gasteiger partial charge in [0.15, 0.2) is 5.11 Å². The Morgan fingerprint density at radius 3 is 2.57 bits per heavy atom. The van der Waals surface area contributed by atoms with Crippen molar-refractivity contribution >= 4 is 33.0 Å². The number of hydrogen-bond donors (Lipinski definition) is 2. The molecule has 2 rings (SSSR count). The van der Waals surface area contributed by atoms with E-state index in [9.17, 15) is 8.42 Å². The molecule has 0 bridgehead atoms. The van der Waals surface area contributed by atoms with E-state index < -0.39 is 10.0 Å². The Balaban J connectivity index is 1.97. The van der Waals surface area contributed by atoms with Crippen LogP contribution in [0.4, 0.5) is 5.69 Å². The molecule has 1 aliphatic rings. The highest BCUT2D eigenvalue weighted by molar-refractivity contribution is 7.89. The molecule has 0 unspecified atom stereocenters. The normalized spacial score (nSPS) is 16.0. The van der Waals surface area contributed by atoms with Crippen LogP contribution < -0.4 is 10.6 Å². The number of ether oxygens (including phenoxy) is 2. The Bertz CT molecular complexity index is 613. The lowest BCUT2D eigenvalue weighted by molar-refractivity contribution is 0.0730. The van der Waals surface area contributed by atoms with Gasteiger partial charge in [-0.1, -0.05) is 0 Å². The van der Waals surface area contributed by atoms with Crippen molar-refractivity contribution in [2.75, 3.05) is 51.9 Å². The first-order valence-corrected chi connectivity index (χ1v) is 9.10. The van der Waals surface area contributed by atoms with Crippen LogP contribution in [-0.4, -0.2) is 64.4 Å². The quantitative estimate of drug-likeness (QED) is 0.570. The summed E-state index contributed by atoms with van der Waals surface area (Å²) >= 11 is 5.14. The summed E-state index contributed by atoms with van der Waals surface area (Å²) in [5.41, 5.74) is 0.723. The number of morpholine rings is 1. The molecule has 1 fully saturated rings. The topological polar surface area (TPSA) is 79.9 Å². The minimum atomic E-state index is -3.46. The molecule has 0 atom stereocenters. The zero-order chi connectivity index (χ0) is 16.7. The van der Waals surface area contributed by atoms with E-state index in [-0.39, 0.29) is 4.90 Å². The van der Waals surface area contributed by atoms with E-state index in [0.717, 1.165) is 5.69 Å². The van der Waals surface area contributed by atoms with Gasteiger partial charge >= 0.3 is 0 Å². The average Bonchev–Trinajstić information content (AvgIpc) is 2.56. The number of anilines is 1. The van der Waals surface area contributed by atoms with Crippen molar-refractivity contribution in [3.63, 3.8) is 0 Å². The summed E-state index contributed by atoms with van der Waals surface area (Å²) < 4.78 is 36.5. The lowest BCUT2D eigenvalue weighted by Crippen LogP contribution is -2.40. The molecule has 9 heteroatoms. The summed E-state index contributed by atoms with van der Waals surface area (Å²) in [6.07, 6.45) is 0. The Morgan fingerprint density at radius 2 is 1.96 bits per heavy atom. The zero-order valence-corrected chi connectivity index (χ0v) is 14.6.